The number of aliphatic hydroxyl groups excluding tert-OH is 1. The van der Waals surface area contributed by atoms with Crippen LogP contribution < -0.4 is 0 Å². The maximum atomic E-state index is 13.0. The minimum absolute atomic E-state index is 0.134. The standard InChI is InChI=1S/C24H23NO2/c26-19-23(22-14-8-3-9-15-22)25(18-21-12-6-2-7-13-21)24(27)17-16-20-10-4-1-5-11-20/h1-17,23,26H,18-19H2/b17-16-/t23-/m0/s1. The third-order valence-corrected chi connectivity index (χ3v) is 4.43. The van der Waals surface area contributed by atoms with E-state index in [1.807, 2.05) is 91.0 Å². The largest absolute Gasteiger partial charge is 0.394 e. The molecule has 3 heteroatoms. The predicted octanol–water partition coefficient (Wildman–Crippen LogP) is 4.46. The molecule has 3 nitrogen and oxygen atoms in total. The minimum Gasteiger partial charge on any atom is -0.394 e. The van der Waals surface area contributed by atoms with Crippen molar-refractivity contribution in [3.63, 3.8) is 0 Å². The fourth-order valence-electron chi connectivity index (χ4n) is 3.01. The number of benzene rings is 3. The molecule has 0 unspecified atom stereocenters. The maximum absolute atomic E-state index is 13.0. The summed E-state index contributed by atoms with van der Waals surface area (Å²) in [6.07, 6.45) is 3.38. The molecule has 1 N–H and O–H groups in total. The van der Waals surface area contributed by atoms with E-state index in [1.165, 1.54) is 0 Å². The summed E-state index contributed by atoms with van der Waals surface area (Å²) in [6.45, 7) is 0.292. The van der Waals surface area contributed by atoms with Gasteiger partial charge in [0.2, 0.25) is 5.91 Å². The van der Waals surface area contributed by atoms with Gasteiger partial charge in [0.1, 0.15) is 0 Å². The molecule has 0 radical (unpaired) electrons. The average Bonchev–Trinajstić information content (AvgIpc) is 2.74. The Bertz CT molecular complexity index is 861. The van der Waals surface area contributed by atoms with Gasteiger partial charge >= 0.3 is 0 Å². The van der Waals surface area contributed by atoms with E-state index in [1.54, 1.807) is 17.1 Å². The van der Waals surface area contributed by atoms with Crippen LogP contribution in [0.5, 0.6) is 0 Å². The first kappa shape index (κ1) is 18.6. The van der Waals surface area contributed by atoms with Crippen LogP contribution in [0.2, 0.25) is 0 Å². The van der Waals surface area contributed by atoms with Gasteiger partial charge in [-0.1, -0.05) is 91.0 Å². The van der Waals surface area contributed by atoms with Gasteiger partial charge < -0.3 is 10.0 Å². The molecule has 3 aromatic carbocycles. The molecule has 0 fully saturated rings. The van der Waals surface area contributed by atoms with E-state index in [9.17, 15) is 9.90 Å². The van der Waals surface area contributed by atoms with Crippen molar-refractivity contribution in [3.05, 3.63) is 114 Å². The molecule has 0 aliphatic rings. The molecule has 0 spiro atoms. The Hall–Kier alpha value is -3.17. The number of carbonyl (C=O) groups excluding carboxylic acids is 1. The first-order valence-electron chi connectivity index (χ1n) is 9.01. The van der Waals surface area contributed by atoms with Crippen LogP contribution in [0, 0.1) is 0 Å². The number of rotatable bonds is 7. The summed E-state index contributed by atoms with van der Waals surface area (Å²) in [4.78, 5) is 14.7. The smallest absolute Gasteiger partial charge is 0.247 e. The predicted molar refractivity (Wildman–Crippen MR) is 109 cm³/mol. The van der Waals surface area contributed by atoms with Crippen LogP contribution in [0.4, 0.5) is 0 Å². The van der Waals surface area contributed by atoms with Crippen molar-refractivity contribution in [2.45, 2.75) is 12.6 Å². The van der Waals surface area contributed by atoms with Gasteiger partial charge in [-0.3, -0.25) is 4.79 Å². The van der Waals surface area contributed by atoms with E-state index < -0.39 is 6.04 Å². The Morgan fingerprint density at radius 3 is 2.00 bits per heavy atom. The van der Waals surface area contributed by atoms with E-state index >= 15 is 0 Å². The third-order valence-electron chi connectivity index (χ3n) is 4.43. The first-order chi connectivity index (χ1) is 13.3. The van der Waals surface area contributed by atoms with Crippen LogP contribution in [-0.2, 0) is 11.3 Å². The lowest BCUT2D eigenvalue weighted by Crippen LogP contribution is -2.35. The van der Waals surface area contributed by atoms with E-state index in [4.69, 9.17) is 0 Å². The number of carbonyl (C=O) groups is 1. The normalized spacial score (nSPS) is 12.0. The summed E-state index contributed by atoms with van der Waals surface area (Å²) in [7, 11) is 0. The second-order valence-electron chi connectivity index (χ2n) is 6.30. The maximum Gasteiger partial charge on any atom is 0.247 e. The Morgan fingerprint density at radius 2 is 1.41 bits per heavy atom. The Labute approximate surface area is 160 Å². The van der Waals surface area contributed by atoms with E-state index in [-0.39, 0.29) is 12.5 Å². The first-order valence-corrected chi connectivity index (χ1v) is 9.01. The van der Waals surface area contributed by atoms with Crippen LogP contribution >= 0.6 is 0 Å². The lowest BCUT2D eigenvalue weighted by Gasteiger charge is -2.30. The number of hydrogen-bond acceptors (Lipinski definition) is 2. The summed E-state index contributed by atoms with van der Waals surface area (Å²) in [5.41, 5.74) is 2.90. The van der Waals surface area contributed by atoms with Crippen LogP contribution in [-0.4, -0.2) is 22.5 Å². The van der Waals surface area contributed by atoms with Gasteiger partial charge in [-0.2, -0.15) is 0 Å². The van der Waals surface area contributed by atoms with Crippen molar-refractivity contribution < 1.29 is 9.90 Å². The van der Waals surface area contributed by atoms with Crippen LogP contribution in [0.3, 0.4) is 0 Å². The summed E-state index contributed by atoms with van der Waals surface area (Å²) >= 11 is 0. The quantitative estimate of drug-likeness (QED) is 0.634. The number of aliphatic hydroxyl groups is 1. The Kier molecular flexibility index (Phi) is 6.55. The molecule has 1 amide bonds. The van der Waals surface area contributed by atoms with Gasteiger partial charge in [0.15, 0.2) is 0 Å². The van der Waals surface area contributed by atoms with Gasteiger partial charge in [0.05, 0.1) is 12.6 Å². The van der Waals surface area contributed by atoms with Gasteiger partial charge in [-0.25, -0.2) is 0 Å². The average molecular weight is 357 g/mol. The third kappa shape index (κ3) is 5.16. The molecule has 0 bridgehead atoms. The molecule has 1 atom stereocenters. The molecular formula is C24H23NO2. The molecule has 136 valence electrons. The highest BCUT2D eigenvalue weighted by Gasteiger charge is 2.23. The Balaban J connectivity index is 1.88. The summed E-state index contributed by atoms with van der Waals surface area (Å²) < 4.78 is 0. The number of hydrogen-bond donors (Lipinski definition) is 1. The molecule has 3 rings (SSSR count). The lowest BCUT2D eigenvalue weighted by molar-refractivity contribution is -0.130. The van der Waals surface area contributed by atoms with Crippen LogP contribution in [0.25, 0.3) is 6.08 Å². The zero-order chi connectivity index (χ0) is 18.9. The van der Waals surface area contributed by atoms with Gasteiger partial charge in [0, 0.05) is 12.6 Å². The number of nitrogens with zero attached hydrogens (tertiary/aromatic N) is 1. The molecule has 0 saturated heterocycles. The van der Waals surface area contributed by atoms with E-state index in [0.29, 0.717) is 6.54 Å². The highest BCUT2D eigenvalue weighted by atomic mass is 16.3. The lowest BCUT2D eigenvalue weighted by atomic mass is 10.0. The van der Waals surface area contributed by atoms with Crippen molar-refractivity contribution in [1.29, 1.82) is 0 Å². The molecule has 27 heavy (non-hydrogen) atoms. The fraction of sp³-hybridized carbons (Fsp3) is 0.125. The molecule has 0 aliphatic carbocycles. The molecule has 0 aromatic heterocycles. The van der Waals surface area contributed by atoms with E-state index in [0.717, 1.165) is 16.7 Å². The van der Waals surface area contributed by atoms with Crippen molar-refractivity contribution >= 4 is 12.0 Å². The van der Waals surface area contributed by atoms with Crippen molar-refractivity contribution in [3.8, 4) is 0 Å². The summed E-state index contributed by atoms with van der Waals surface area (Å²) in [6, 6.07) is 28.8. The van der Waals surface area contributed by atoms with Crippen LogP contribution in [0.15, 0.2) is 97.1 Å². The molecule has 3 aromatic rings. The van der Waals surface area contributed by atoms with Crippen LogP contribution in [0.1, 0.15) is 22.7 Å². The number of amides is 1. The van der Waals surface area contributed by atoms with Gasteiger partial charge in [-0.15, -0.1) is 0 Å². The molecular weight excluding hydrogens is 334 g/mol. The zero-order valence-corrected chi connectivity index (χ0v) is 15.1. The summed E-state index contributed by atoms with van der Waals surface area (Å²) in [5.74, 6) is -0.134. The topological polar surface area (TPSA) is 40.5 Å². The SMILES string of the molecule is O=C(/C=C\c1ccccc1)N(Cc1ccccc1)[C@@H](CO)c1ccccc1. The fourth-order valence-corrected chi connectivity index (χ4v) is 3.01. The van der Waals surface area contributed by atoms with E-state index in [2.05, 4.69) is 0 Å². The minimum atomic E-state index is -0.403. The zero-order valence-electron chi connectivity index (χ0n) is 15.1. The van der Waals surface area contributed by atoms with Gasteiger partial charge in [-0.05, 0) is 22.8 Å². The highest BCUT2D eigenvalue weighted by molar-refractivity contribution is 5.92. The molecule has 0 heterocycles. The monoisotopic (exact) mass is 357 g/mol. The second-order valence-corrected chi connectivity index (χ2v) is 6.30. The molecule has 0 saturated carbocycles. The summed E-state index contributed by atoms with van der Waals surface area (Å²) in [5, 5.41) is 10.0. The van der Waals surface area contributed by atoms with Gasteiger partial charge in [0.25, 0.3) is 0 Å². The van der Waals surface area contributed by atoms with Crippen molar-refractivity contribution in [2.75, 3.05) is 6.61 Å². The van der Waals surface area contributed by atoms with Crippen molar-refractivity contribution in [2.24, 2.45) is 0 Å². The Morgan fingerprint density at radius 1 is 0.852 bits per heavy atom. The second kappa shape index (κ2) is 9.51. The highest BCUT2D eigenvalue weighted by Crippen LogP contribution is 2.23. The molecule has 0 aliphatic heterocycles. The van der Waals surface area contributed by atoms with Crippen molar-refractivity contribution in [1.82, 2.24) is 4.90 Å².